The number of hydrogen-bond donors (Lipinski definition) is 1. The summed E-state index contributed by atoms with van der Waals surface area (Å²) >= 11 is 0. The van der Waals surface area contributed by atoms with E-state index in [2.05, 4.69) is 5.32 Å². The van der Waals surface area contributed by atoms with Crippen LogP contribution in [0.5, 0.6) is 0 Å². The lowest BCUT2D eigenvalue weighted by Gasteiger charge is -2.31. The van der Waals surface area contributed by atoms with Crippen LogP contribution >= 0.6 is 0 Å². The van der Waals surface area contributed by atoms with E-state index in [1.807, 2.05) is 13.8 Å². The minimum Gasteiger partial charge on any atom is -0.354 e. The summed E-state index contributed by atoms with van der Waals surface area (Å²) in [6.45, 7) is 5.07. The normalized spacial score (nSPS) is 21.7. The fourth-order valence-electron chi connectivity index (χ4n) is 3.65. The zero-order valence-corrected chi connectivity index (χ0v) is 16.7. The van der Waals surface area contributed by atoms with Crippen molar-refractivity contribution in [2.75, 3.05) is 24.5 Å². The first-order valence-electron chi connectivity index (χ1n) is 9.50. The van der Waals surface area contributed by atoms with Crippen LogP contribution in [0.1, 0.15) is 39.5 Å². The van der Waals surface area contributed by atoms with Crippen molar-refractivity contribution in [3.05, 3.63) is 24.3 Å². The standard InChI is InChI=1S/C19H27N3O4S/c1-14(2)20-19(24)15-5-3-11-21(13-15)27(25,26)17-9-7-16(8-10-17)22-12-4-6-18(22)23/h7-10,14-15H,3-6,11-13H2,1-2H3,(H,20,24)/t15-/m0/s1. The van der Waals surface area contributed by atoms with Crippen LogP contribution in [-0.4, -0.2) is 50.2 Å². The Hall–Kier alpha value is -1.93. The topological polar surface area (TPSA) is 86.8 Å². The second kappa shape index (κ2) is 7.98. The third kappa shape index (κ3) is 4.32. The lowest BCUT2D eigenvalue weighted by Crippen LogP contribution is -2.46. The molecule has 8 heteroatoms. The molecule has 0 radical (unpaired) electrons. The molecule has 27 heavy (non-hydrogen) atoms. The maximum atomic E-state index is 13.0. The average molecular weight is 394 g/mol. The Morgan fingerprint density at radius 3 is 2.44 bits per heavy atom. The van der Waals surface area contributed by atoms with Crippen molar-refractivity contribution >= 4 is 27.5 Å². The van der Waals surface area contributed by atoms with Crippen LogP contribution in [0, 0.1) is 5.92 Å². The van der Waals surface area contributed by atoms with Crippen molar-refractivity contribution in [1.29, 1.82) is 0 Å². The van der Waals surface area contributed by atoms with E-state index in [0.717, 1.165) is 12.1 Å². The maximum Gasteiger partial charge on any atom is 0.243 e. The Morgan fingerprint density at radius 2 is 1.85 bits per heavy atom. The van der Waals surface area contributed by atoms with Gasteiger partial charge in [-0.05, 0) is 57.4 Å². The fraction of sp³-hybridized carbons (Fsp3) is 0.579. The molecule has 2 heterocycles. The first-order chi connectivity index (χ1) is 12.8. The van der Waals surface area contributed by atoms with Crippen molar-refractivity contribution in [3.63, 3.8) is 0 Å². The molecule has 0 aliphatic carbocycles. The number of carbonyl (C=O) groups excluding carboxylic acids is 2. The first kappa shape index (κ1) is 19.8. The first-order valence-corrected chi connectivity index (χ1v) is 10.9. The van der Waals surface area contributed by atoms with E-state index >= 15 is 0 Å². The van der Waals surface area contributed by atoms with Gasteiger partial charge in [-0.25, -0.2) is 8.42 Å². The van der Waals surface area contributed by atoms with E-state index in [1.165, 1.54) is 4.31 Å². The Bertz CT molecular complexity index is 805. The molecule has 2 aliphatic heterocycles. The molecule has 1 N–H and O–H groups in total. The van der Waals surface area contributed by atoms with Gasteiger partial charge in [-0.2, -0.15) is 4.31 Å². The Morgan fingerprint density at radius 1 is 1.15 bits per heavy atom. The quantitative estimate of drug-likeness (QED) is 0.826. The molecule has 3 rings (SSSR count). The minimum atomic E-state index is -3.66. The second-order valence-electron chi connectivity index (χ2n) is 7.51. The lowest BCUT2D eigenvalue weighted by molar-refractivity contribution is -0.126. The van der Waals surface area contributed by atoms with Gasteiger partial charge >= 0.3 is 0 Å². The van der Waals surface area contributed by atoms with Crippen molar-refractivity contribution in [3.8, 4) is 0 Å². The molecule has 0 aromatic heterocycles. The largest absolute Gasteiger partial charge is 0.354 e. The molecular formula is C19H27N3O4S. The van der Waals surface area contributed by atoms with E-state index in [1.54, 1.807) is 29.2 Å². The summed E-state index contributed by atoms with van der Waals surface area (Å²) in [4.78, 5) is 26.0. The van der Waals surface area contributed by atoms with E-state index < -0.39 is 10.0 Å². The number of carbonyl (C=O) groups is 2. The monoisotopic (exact) mass is 393 g/mol. The van der Waals surface area contributed by atoms with Crippen molar-refractivity contribution in [1.82, 2.24) is 9.62 Å². The van der Waals surface area contributed by atoms with Gasteiger partial charge in [-0.3, -0.25) is 9.59 Å². The number of nitrogens with zero attached hydrogens (tertiary/aromatic N) is 2. The van der Waals surface area contributed by atoms with E-state index in [9.17, 15) is 18.0 Å². The molecule has 2 saturated heterocycles. The Labute approximate surface area is 160 Å². The third-order valence-electron chi connectivity index (χ3n) is 5.05. The van der Waals surface area contributed by atoms with Crippen LogP contribution in [0.2, 0.25) is 0 Å². The molecule has 148 valence electrons. The lowest BCUT2D eigenvalue weighted by atomic mass is 9.98. The van der Waals surface area contributed by atoms with Crippen LogP contribution < -0.4 is 10.2 Å². The highest BCUT2D eigenvalue weighted by atomic mass is 32.2. The molecule has 2 fully saturated rings. The van der Waals surface area contributed by atoms with E-state index in [4.69, 9.17) is 0 Å². The Balaban J connectivity index is 1.73. The van der Waals surface area contributed by atoms with Gasteiger partial charge in [0.25, 0.3) is 0 Å². The summed E-state index contributed by atoms with van der Waals surface area (Å²) in [7, 11) is -3.66. The molecule has 0 unspecified atom stereocenters. The highest BCUT2D eigenvalue weighted by Crippen LogP contribution is 2.27. The molecular weight excluding hydrogens is 366 g/mol. The molecule has 1 aromatic rings. The SMILES string of the molecule is CC(C)NC(=O)[C@H]1CCCN(S(=O)(=O)c2ccc(N3CCCC3=O)cc2)C1. The zero-order chi connectivity index (χ0) is 19.6. The summed E-state index contributed by atoms with van der Waals surface area (Å²) in [5.41, 5.74) is 0.726. The average Bonchev–Trinajstić information content (AvgIpc) is 3.07. The molecule has 7 nitrogen and oxygen atoms in total. The zero-order valence-electron chi connectivity index (χ0n) is 15.8. The van der Waals surface area contributed by atoms with Gasteiger partial charge in [0, 0.05) is 37.8 Å². The van der Waals surface area contributed by atoms with Gasteiger partial charge < -0.3 is 10.2 Å². The predicted octanol–water partition coefficient (Wildman–Crippen LogP) is 1.74. The summed E-state index contributed by atoms with van der Waals surface area (Å²) in [6, 6.07) is 6.50. The van der Waals surface area contributed by atoms with E-state index in [0.29, 0.717) is 32.4 Å². The molecule has 1 atom stereocenters. The number of piperidine rings is 1. The van der Waals surface area contributed by atoms with Gasteiger partial charge in [0.1, 0.15) is 0 Å². The van der Waals surface area contributed by atoms with Gasteiger partial charge in [-0.15, -0.1) is 0 Å². The molecule has 2 aliphatic rings. The van der Waals surface area contributed by atoms with Crippen molar-refractivity contribution < 1.29 is 18.0 Å². The summed E-state index contributed by atoms with van der Waals surface area (Å²) in [6.07, 6.45) is 2.72. The molecule has 2 amide bonds. The van der Waals surface area contributed by atoms with E-state index in [-0.39, 0.29) is 35.2 Å². The smallest absolute Gasteiger partial charge is 0.243 e. The highest BCUT2D eigenvalue weighted by molar-refractivity contribution is 7.89. The number of rotatable bonds is 5. The van der Waals surface area contributed by atoms with Crippen molar-refractivity contribution in [2.45, 2.75) is 50.5 Å². The minimum absolute atomic E-state index is 0.0327. The molecule has 0 bridgehead atoms. The van der Waals surface area contributed by atoms with Crippen molar-refractivity contribution in [2.24, 2.45) is 5.92 Å². The number of sulfonamides is 1. The highest BCUT2D eigenvalue weighted by Gasteiger charge is 2.33. The number of benzene rings is 1. The van der Waals surface area contributed by atoms with Crippen LogP contribution in [0.3, 0.4) is 0 Å². The van der Waals surface area contributed by atoms with Gasteiger partial charge in [-0.1, -0.05) is 0 Å². The van der Waals surface area contributed by atoms with Gasteiger partial charge in [0.2, 0.25) is 21.8 Å². The molecule has 0 spiro atoms. The third-order valence-corrected chi connectivity index (χ3v) is 6.92. The van der Waals surface area contributed by atoms with Gasteiger partial charge in [0.15, 0.2) is 0 Å². The number of hydrogen-bond acceptors (Lipinski definition) is 4. The number of amides is 2. The van der Waals surface area contributed by atoms with Crippen LogP contribution in [-0.2, 0) is 19.6 Å². The predicted molar refractivity (Wildman–Crippen MR) is 103 cm³/mol. The maximum absolute atomic E-state index is 13.0. The number of nitrogens with one attached hydrogen (secondary N) is 1. The summed E-state index contributed by atoms with van der Waals surface area (Å²) < 4.78 is 27.4. The summed E-state index contributed by atoms with van der Waals surface area (Å²) in [5.74, 6) is -0.342. The van der Waals surface area contributed by atoms with Crippen LogP contribution in [0.4, 0.5) is 5.69 Å². The second-order valence-corrected chi connectivity index (χ2v) is 9.45. The number of anilines is 1. The van der Waals surface area contributed by atoms with Crippen LogP contribution in [0.15, 0.2) is 29.2 Å². The summed E-state index contributed by atoms with van der Waals surface area (Å²) in [5, 5.41) is 2.87. The molecule has 1 aromatic carbocycles. The van der Waals surface area contributed by atoms with Gasteiger partial charge in [0.05, 0.1) is 10.8 Å². The van der Waals surface area contributed by atoms with Crippen LogP contribution in [0.25, 0.3) is 0 Å². The Kier molecular flexibility index (Phi) is 5.86. The fourth-order valence-corrected chi connectivity index (χ4v) is 5.17. The molecule has 0 saturated carbocycles.